The number of nitrogens with one attached hydrogen (secondary N) is 1. The average Bonchev–Trinajstić information content (AvgIpc) is 2.59. The van der Waals surface area contributed by atoms with Crippen LogP contribution in [0, 0.1) is 0 Å². The Kier molecular flexibility index (Phi) is 6.91. The molecule has 130 valence electrons. The van der Waals surface area contributed by atoms with Gasteiger partial charge in [-0.15, -0.1) is 0 Å². The number of rotatable bonds is 8. The molecule has 0 fully saturated rings. The Balaban J connectivity index is 2.05. The molecule has 0 spiro atoms. The van der Waals surface area contributed by atoms with Crippen LogP contribution in [0.4, 0.5) is 0 Å². The van der Waals surface area contributed by atoms with Crippen molar-refractivity contribution >= 4 is 11.6 Å². The van der Waals surface area contributed by atoms with Crippen molar-refractivity contribution in [3.63, 3.8) is 0 Å². The number of ether oxygens (including phenoxy) is 2. The van der Waals surface area contributed by atoms with E-state index in [1.807, 2.05) is 42.5 Å². The fourth-order valence-corrected chi connectivity index (χ4v) is 2.94. The molecule has 2 N–H and O–H groups in total. The standard InChI is InChI=1S/C19H24ClNO3/c1-13(9-14-7-8-18(23-2)19(10-14)24-3)21-17(12-22)15-5-4-6-16(20)11-15/h4-8,10-11,13,17,21-22H,9,12H2,1-3H3/t13?,17-/m0/s1. The summed E-state index contributed by atoms with van der Waals surface area (Å²) < 4.78 is 10.6. The number of methoxy groups -OCH3 is 2. The van der Waals surface area contributed by atoms with E-state index in [4.69, 9.17) is 21.1 Å². The summed E-state index contributed by atoms with van der Waals surface area (Å²) in [6, 6.07) is 13.5. The van der Waals surface area contributed by atoms with Gasteiger partial charge in [0.15, 0.2) is 11.5 Å². The fraction of sp³-hybridized carbons (Fsp3) is 0.368. The maximum Gasteiger partial charge on any atom is 0.160 e. The van der Waals surface area contributed by atoms with E-state index in [2.05, 4.69) is 12.2 Å². The molecule has 2 aromatic rings. The van der Waals surface area contributed by atoms with Crippen LogP contribution in [0.15, 0.2) is 42.5 Å². The van der Waals surface area contributed by atoms with Gasteiger partial charge in [0.1, 0.15) is 0 Å². The Labute approximate surface area is 148 Å². The monoisotopic (exact) mass is 349 g/mol. The van der Waals surface area contributed by atoms with E-state index in [9.17, 15) is 5.11 Å². The number of aliphatic hydroxyl groups is 1. The summed E-state index contributed by atoms with van der Waals surface area (Å²) in [4.78, 5) is 0. The van der Waals surface area contributed by atoms with Crippen LogP contribution in [0.3, 0.4) is 0 Å². The van der Waals surface area contributed by atoms with Gasteiger partial charge < -0.3 is 19.9 Å². The summed E-state index contributed by atoms with van der Waals surface area (Å²) in [6.07, 6.45) is 0.803. The van der Waals surface area contributed by atoms with Gasteiger partial charge in [0.05, 0.1) is 26.9 Å². The highest BCUT2D eigenvalue weighted by Crippen LogP contribution is 2.28. The third-order valence-electron chi connectivity index (χ3n) is 3.91. The van der Waals surface area contributed by atoms with Gasteiger partial charge in [-0.25, -0.2) is 0 Å². The highest BCUT2D eigenvalue weighted by molar-refractivity contribution is 6.30. The van der Waals surface area contributed by atoms with Crippen molar-refractivity contribution in [2.45, 2.75) is 25.4 Å². The maximum atomic E-state index is 9.69. The number of halogens is 1. The summed E-state index contributed by atoms with van der Waals surface area (Å²) in [6.45, 7) is 2.10. The van der Waals surface area contributed by atoms with E-state index >= 15 is 0 Å². The Morgan fingerprint density at radius 2 is 1.83 bits per heavy atom. The highest BCUT2D eigenvalue weighted by atomic mass is 35.5. The first kappa shape index (κ1) is 18.6. The van der Waals surface area contributed by atoms with Crippen LogP contribution in [0.2, 0.25) is 5.02 Å². The second-order valence-corrected chi connectivity index (χ2v) is 6.19. The molecule has 0 bridgehead atoms. The van der Waals surface area contributed by atoms with Gasteiger partial charge in [-0.3, -0.25) is 0 Å². The van der Waals surface area contributed by atoms with Crippen LogP contribution >= 0.6 is 11.6 Å². The van der Waals surface area contributed by atoms with Crippen LogP contribution in [-0.2, 0) is 6.42 Å². The molecule has 0 saturated heterocycles. The van der Waals surface area contributed by atoms with Gasteiger partial charge in [-0.05, 0) is 48.7 Å². The van der Waals surface area contributed by atoms with Crippen molar-refractivity contribution in [3.8, 4) is 11.5 Å². The van der Waals surface area contributed by atoms with Crippen LogP contribution in [0.5, 0.6) is 11.5 Å². The maximum absolute atomic E-state index is 9.69. The molecule has 1 unspecified atom stereocenters. The summed E-state index contributed by atoms with van der Waals surface area (Å²) >= 11 is 6.04. The molecule has 2 rings (SSSR count). The average molecular weight is 350 g/mol. The van der Waals surface area contributed by atoms with Gasteiger partial charge in [0, 0.05) is 11.1 Å². The Morgan fingerprint density at radius 1 is 1.08 bits per heavy atom. The summed E-state index contributed by atoms with van der Waals surface area (Å²) in [5, 5.41) is 13.8. The van der Waals surface area contributed by atoms with E-state index in [0.717, 1.165) is 23.3 Å². The van der Waals surface area contributed by atoms with Crippen LogP contribution in [0.1, 0.15) is 24.1 Å². The first-order valence-corrected chi connectivity index (χ1v) is 8.28. The molecule has 5 heteroatoms. The first-order chi connectivity index (χ1) is 11.6. The lowest BCUT2D eigenvalue weighted by Crippen LogP contribution is -2.34. The molecule has 0 aliphatic rings. The third kappa shape index (κ3) is 4.87. The van der Waals surface area contributed by atoms with E-state index < -0.39 is 0 Å². The predicted molar refractivity (Wildman–Crippen MR) is 97.1 cm³/mol. The van der Waals surface area contributed by atoms with Crippen molar-refractivity contribution in [1.29, 1.82) is 0 Å². The second-order valence-electron chi connectivity index (χ2n) is 5.75. The van der Waals surface area contributed by atoms with Crippen molar-refractivity contribution in [2.24, 2.45) is 0 Å². The summed E-state index contributed by atoms with van der Waals surface area (Å²) in [5.41, 5.74) is 2.11. The van der Waals surface area contributed by atoms with Crippen LogP contribution < -0.4 is 14.8 Å². The molecular weight excluding hydrogens is 326 g/mol. The van der Waals surface area contributed by atoms with E-state index in [0.29, 0.717) is 10.8 Å². The Morgan fingerprint density at radius 3 is 2.46 bits per heavy atom. The minimum Gasteiger partial charge on any atom is -0.493 e. The number of aliphatic hydroxyl groups excluding tert-OH is 1. The number of hydrogen-bond donors (Lipinski definition) is 2. The molecule has 0 aromatic heterocycles. The van der Waals surface area contributed by atoms with Gasteiger partial charge in [-0.1, -0.05) is 29.8 Å². The molecule has 4 nitrogen and oxygen atoms in total. The van der Waals surface area contributed by atoms with Crippen molar-refractivity contribution in [2.75, 3.05) is 20.8 Å². The van der Waals surface area contributed by atoms with Crippen molar-refractivity contribution < 1.29 is 14.6 Å². The van der Waals surface area contributed by atoms with E-state index in [1.54, 1.807) is 14.2 Å². The lowest BCUT2D eigenvalue weighted by atomic mass is 10.0. The summed E-state index contributed by atoms with van der Waals surface area (Å²) in [5.74, 6) is 1.43. The molecule has 24 heavy (non-hydrogen) atoms. The smallest absolute Gasteiger partial charge is 0.160 e. The molecular formula is C19H24ClNO3. The minimum atomic E-state index is -0.154. The van der Waals surface area contributed by atoms with Crippen LogP contribution in [-0.4, -0.2) is 32.0 Å². The van der Waals surface area contributed by atoms with Crippen molar-refractivity contribution in [1.82, 2.24) is 5.32 Å². The fourth-order valence-electron chi connectivity index (χ4n) is 2.74. The zero-order valence-corrected chi connectivity index (χ0v) is 15.0. The Hall–Kier alpha value is -1.75. The van der Waals surface area contributed by atoms with E-state index in [-0.39, 0.29) is 18.7 Å². The van der Waals surface area contributed by atoms with E-state index in [1.165, 1.54) is 0 Å². The number of benzene rings is 2. The third-order valence-corrected chi connectivity index (χ3v) is 4.14. The van der Waals surface area contributed by atoms with Gasteiger partial charge in [0.2, 0.25) is 0 Å². The molecule has 0 aliphatic carbocycles. The minimum absolute atomic E-state index is 0.0105. The van der Waals surface area contributed by atoms with Gasteiger partial charge in [0.25, 0.3) is 0 Å². The molecule has 0 saturated carbocycles. The molecule has 0 aliphatic heterocycles. The highest BCUT2D eigenvalue weighted by Gasteiger charge is 2.15. The molecule has 0 heterocycles. The zero-order chi connectivity index (χ0) is 17.5. The van der Waals surface area contributed by atoms with Crippen molar-refractivity contribution in [3.05, 3.63) is 58.6 Å². The molecule has 2 atom stereocenters. The molecule has 0 radical (unpaired) electrons. The number of hydrogen-bond acceptors (Lipinski definition) is 4. The SMILES string of the molecule is COc1ccc(CC(C)N[C@@H](CO)c2cccc(Cl)c2)cc1OC. The quantitative estimate of drug-likeness (QED) is 0.764. The first-order valence-electron chi connectivity index (χ1n) is 7.90. The van der Waals surface area contributed by atoms with Crippen LogP contribution in [0.25, 0.3) is 0 Å². The topological polar surface area (TPSA) is 50.7 Å². The Bertz CT molecular complexity index is 663. The lowest BCUT2D eigenvalue weighted by Gasteiger charge is -2.22. The zero-order valence-electron chi connectivity index (χ0n) is 14.3. The van der Waals surface area contributed by atoms with Gasteiger partial charge >= 0.3 is 0 Å². The second kappa shape index (κ2) is 8.92. The molecule has 0 amide bonds. The van der Waals surface area contributed by atoms with Gasteiger partial charge in [-0.2, -0.15) is 0 Å². The molecule has 2 aromatic carbocycles. The normalized spacial score (nSPS) is 13.4. The summed E-state index contributed by atoms with van der Waals surface area (Å²) in [7, 11) is 3.25. The lowest BCUT2D eigenvalue weighted by molar-refractivity contribution is 0.234. The largest absolute Gasteiger partial charge is 0.493 e. The predicted octanol–water partition coefficient (Wildman–Crippen LogP) is 3.61.